The summed E-state index contributed by atoms with van der Waals surface area (Å²) >= 11 is 6.04. The lowest BCUT2D eigenvalue weighted by Crippen LogP contribution is -2.16. The number of nitrogens with two attached hydrogens (primary N) is 1. The van der Waals surface area contributed by atoms with Crippen molar-refractivity contribution in [1.82, 2.24) is 5.32 Å². The number of nitrogens with one attached hydrogen (secondary N) is 1. The molecule has 0 saturated heterocycles. The number of carbonyl (C=O) groups is 1. The van der Waals surface area contributed by atoms with Crippen LogP contribution in [0.25, 0.3) is 0 Å². The fraction of sp³-hybridized carbons (Fsp3) is 0.136. The molecule has 0 bridgehead atoms. The van der Waals surface area contributed by atoms with Gasteiger partial charge in [0.1, 0.15) is 11.5 Å². The molecule has 0 atom stereocenters. The van der Waals surface area contributed by atoms with Crippen molar-refractivity contribution in [3.63, 3.8) is 0 Å². The van der Waals surface area contributed by atoms with Crippen LogP contribution in [0, 0.1) is 0 Å². The van der Waals surface area contributed by atoms with Crippen LogP contribution in [0.5, 0.6) is 11.5 Å². The van der Waals surface area contributed by atoms with Gasteiger partial charge in [-0.25, -0.2) is 0 Å². The van der Waals surface area contributed by atoms with Gasteiger partial charge in [-0.05, 0) is 48.4 Å². The highest BCUT2D eigenvalue weighted by molar-refractivity contribution is 6.33. The largest absolute Gasteiger partial charge is 0.457 e. The van der Waals surface area contributed by atoms with Crippen LogP contribution in [0.1, 0.15) is 21.5 Å². The van der Waals surface area contributed by atoms with E-state index < -0.39 is 5.91 Å². The number of primary amides is 1. The molecule has 3 aromatic rings. The monoisotopic (exact) mass is 380 g/mol. The first kappa shape index (κ1) is 19.0. The average Bonchev–Trinajstić information content (AvgIpc) is 2.67. The maximum absolute atomic E-state index is 11.2. The number of rotatable bonds is 8. The summed E-state index contributed by atoms with van der Waals surface area (Å²) in [6, 6.07) is 23.1. The predicted octanol–water partition coefficient (Wildman–Crippen LogP) is 4.56. The van der Waals surface area contributed by atoms with Crippen LogP contribution >= 0.6 is 11.6 Å². The highest BCUT2D eigenvalue weighted by Crippen LogP contribution is 2.26. The molecule has 0 unspecified atom stereocenters. The maximum atomic E-state index is 11.2. The van der Waals surface area contributed by atoms with Crippen LogP contribution in [-0.2, 0) is 13.0 Å². The van der Waals surface area contributed by atoms with Crippen molar-refractivity contribution in [3.05, 3.63) is 94.5 Å². The lowest BCUT2D eigenvalue weighted by Gasteiger charge is -2.09. The molecule has 0 spiro atoms. The molecule has 0 aliphatic heterocycles. The lowest BCUT2D eigenvalue weighted by atomic mass is 10.1. The number of amides is 1. The lowest BCUT2D eigenvalue weighted by molar-refractivity contribution is 0.100. The third kappa shape index (κ3) is 5.58. The van der Waals surface area contributed by atoms with Gasteiger partial charge in [0.25, 0.3) is 0 Å². The van der Waals surface area contributed by atoms with Gasteiger partial charge in [0.05, 0.1) is 10.6 Å². The molecular formula is C22H21ClN2O2. The van der Waals surface area contributed by atoms with Crippen LogP contribution in [0.2, 0.25) is 5.02 Å². The average molecular weight is 381 g/mol. The zero-order chi connectivity index (χ0) is 19.1. The van der Waals surface area contributed by atoms with Gasteiger partial charge in [-0.3, -0.25) is 4.79 Å². The van der Waals surface area contributed by atoms with Crippen molar-refractivity contribution in [1.29, 1.82) is 0 Å². The van der Waals surface area contributed by atoms with Gasteiger partial charge in [0.15, 0.2) is 0 Å². The Balaban J connectivity index is 1.50. The summed E-state index contributed by atoms with van der Waals surface area (Å²) in [6.07, 6.45) is 1.00. The van der Waals surface area contributed by atoms with Crippen LogP contribution < -0.4 is 15.8 Å². The summed E-state index contributed by atoms with van der Waals surface area (Å²) in [5.74, 6) is 0.695. The molecule has 0 heterocycles. The molecule has 0 aliphatic rings. The smallest absolute Gasteiger partial charge is 0.250 e. The third-order valence-electron chi connectivity index (χ3n) is 4.13. The number of hydrogen-bond acceptors (Lipinski definition) is 3. The third-order valence-corrected chi connectivity index (χ3v) is 4.44. The minimum Gasteiger partial charge on any atom is -0.457 e. The number of carbonyl (C=O) groups excluding carboxylic acids is 1. The Morgan fingerprint density at radius 3 is 2.30 bits per heavy atom. The van der Waals surface area contributed by atoms with Gasteiger partial charge in [-0.2, -0.15) is 0 Å². The second-order valence-electron chi connectivity index (χ2n) is 6.16. The Morgan fingerprint density at radius 2 is 1.63 bits per heavy atom. The van der Waals surface area contributed by atoms with Crippen molar-refractivity contribution in [3.8, 4) is 11.5 Å². The topological polar surface area (TPSA) is 64.4 Å². The second-order valence-corrected chi connectivity index (χ2v) is 6.57. The Morgan fingerprint density at radius 1 is 0.926 bits per heavy atom. The predicted molar refractivity (Wildman–Crippen MR) is 108 cm³/mol. The van der Waals surface area contributed by atoms with E-state index in [0.717, 1.165) is 19.5 Å². The standard InChI is InChI=1S/C22H21ClN2O2/c23-21-14-19(10-11-20(21)22(24)26)27-18-8-6-17(7-9-18)15-25-13-12-16-4-2-1-3-5-16/h1-11,14,25H,12-13,15H2,(H2,24,26). The molecular weight excluding hydrogens is 360 g/mol. The molecule has 3 rings (SSSR count). The highest BCUT2D eigenvalue weighted by atomic mass is 35.5. The quantitative estimate of drug-likeness (QED) is 0.563. The summed E-state index contributed by atoms with van der Waals surface area (Å²) in [5.41, 5.74) is 8.03. The van der Waals surface area contributed by atoms with E-state index >= 15 is 0 Å². The van der Waals surface area contributed by atoms with E-state index in [2.05, 4.69) is 29.6 Å². The minimum absolute atomic E-state index is 0.277. The molecule has 27 heavy (non-hydrogen) atoms. The summed E-state index contributed by atoms with van der Waals surface area (Å²) in [7, 11) is 0. The summed E-state index contributed by atoms with van der Waals surface area (Å²) in [5, 5.41) is 3.72. The van der Waals surface area contributed by atoms with Crippen molar-refractivity contribution in [2.45, 2.75) is 13.0 Å². The van der Waals surface area contributed by atoms with Crippen molar-refractivity contribution < 1.29 is 9.53 Å². The minimum atomic E-state index is -0.560. The van der Waals surface area contributed by atoms with Gasteiger partial charge in [0.2, 0.25) is 5.91 Å². The molecule has 4 nitrogen and oxygen atoms in total. The Hall–Kier alpha value is -2.82. The number of benzene rings is 3. The summed E-state index contributed by atoms with van der Waals surface area (Å²) in [6.45, 7) is 1.72. The molecule has 138 valence electrons. The molecule has 0 aromatic heterocycles. The summed E-state index contributed by atoms with van der Waals surface area (Å²) in [4.78, 5) is 11.2. The van der Waals surface area contributed by atoms with Crippen LogP contribution in [0.3, 0.4) is 0 Å². The number of halogens is 1. The SMILES string of the molecule is NC(=O)c1ccc(Oc2ccc(CNCCc3ccccc3)cc2)cc1Cl. The van der Waals surface area contributed by atoms with Crippen molar-refractivity contribution >= 4 is 17.5 Å². The van der Waals surface area contributed by atoms with E-state index in [0.29, 0.717) is 11.5 Å². The van der Waals surface area contributed by atoms with E-state index in [1.54, 1.807) is 18.2 Å². The highest BCUT2D eigenvalue weighted by Gasteiger charge is 2.08. The Labute approximate surface area is 163 Å². The first-order valence-corrected chi connectivity index (χ1v) is 9.10. The zero-order valence-corrected chi connectivity index (χ0v) is 15.6. The van der Waals surface area contributed by atoms with Gasteiger partial charge >= 0.3 is 0 Å². The Bertz CT molecular complexity index is 896. The van der Waals surface area contributed by atoms with Gasteiger partial charge in [0, 0.05) is 12.6 Å². The van der Waals surface area contributed by atoms with Gasteiger partial charge in [-0.15, -0.1) is 0 Å². The molecule has 0 radical (unpaired) electrons. The first-order chi connectivity index (χ1) is 13.1. The number of hydrogen-bond donors (Lipinski definition) is 2. The van der Waals surface area contributed by atoms with Crippen LogP contribution in [0.15, 0.2) is 72.8 Å². The molecule has 1 amide bonds. The molecule has 0 aliphatic carbocycles. The van der Waals surface area contributed by atoms with E-state index in [1.165, 1.54) is 11.1 Å². The molecule has 0 saturated carbocycles. The summed E-state index contributed by atoms with van der Waals surface area (Å²) < 4.78 is 5.78. The van der Waals surface area contributed by atoms with Gasteiger partial charge < -0.3 is 15.8 Å². The van der Waals surface area contributed by atoms with Crippen molar-refractivity contribution in [2.24, 2.45) is 5.73 Å². The normalized spacial score (nSPS) is 10.6. The van der Waals surface area contributed by atoms with Crippen LogP contribution in [-0.4, -0.2) is 12.5 Å². The van der Waals surface area contributed by atoms with E-state index in [-0.39, 0.29) is 10.6 Å². The first-order valence-electron chi connectivity index (χ1n) is 8.72. The van der Waals surface area contributed by atoms with Crippen molar-refractivity contribution in [2.75, 3.05) is 6.54 Å². The molecule has 5 heteroatoms. The molecule has 3 N–H and O–H groups in total. The number of ether oxygens (including phenoxy) is 1. The van der Waals surface area contributed by atoms with E-state index in [1.807, 2.05) is 30.3 Å². The van der Waals surface area contributed by atoms with E-state index in [4.69, 9.17) is 22.1 Å². The van der Waals surface area contributed by atoms with Crippen LogP contribution in [0.4, 0.5) is 0 Å². The molecule has 0 fully saturated rings. The van der Waals surface area contributed by atoms with E-state index in [9.17, 15) is 4.79 Å². The zero-order valence-electron chi connectivity index (χ0n) is 14.8. The molecule has 3 aromatic carbocycles. The van der Waals surface area contributed by atoms with Gasteiger partial charge in [-0.1, -0.05) is 54.1 Å². The Kier molecular flexibility index (Phi) is 6.47. The fourth-order valence-corrected chi connectivity index (χ4v) is 2.94. The maximum Gasteiger partial charge on any atom is 0.250 e. The second kappa shape index (κ2) is 9.21. The fourth-order valence-electron chi connectivity index (χ4n) is 2.68.